The number of benzene rings is 2. The molecule has 1 aliphatic carbocycles. The fraction of sp³-hybridized carbons (Fsp3) is 0.105. The van der Waals surface area contributed by atoms with E-state index in [0.717, 1.165) is 17.2 Å². The van der Waals surface area contributed by atoms with Crippen molar-refractivity contribution >= 4 is 17.3 Å². The Labute approximate surface area is 128 Å². The molecule has 0 radical (unpaired) electrons. The van der Waals surface area contributed by atoms with Crippen molar-refractivity contribution in [1.82, 2.24) is 0 Å². The normalized spacial score (nSPS) is 13.6. The van der Waals surface area contributed by atoms with Gasteiger partial charge in [0.25, 0.3) is 0 Å². The highest BCUT2D eigenvalue weighted by molar-refractivity contribution is 6.37. The maximum atomic E-state index is 12.7. The molecule has 0 amide bonds. The molecule has 0 bridgehead atoms. The molecular weight excluding hydrogens is 276 g/mol. The molecule has 2 aromatic carbocycles. The van der Waals surface area contributed by atoms with Gasteiger partial charge in [0.2, 0.25) is 0 Å². The molecule has 0 aliphatic heterocycles. The first-order valence-electron chi connectivity index (χ1n) is 7.01. The summed E-state index contributed by atoms with van der Waals surface area (Å²) in [6.07, 6.45) is 1.16. The third kappa shape index (κ3) is 2.21. The molecule has 0 fully saturated rings. The summed E-state index contributed by atoms with van der Waals surface area (Å²) in [5.74, 6) is -1.09. The number of carbonyl (C=O) groups is 3. The lowest BCUT2D eigenvalue weighted by Gasteiger charge is -2.15. The van der Waals surface area contributed by atoms with Crippen LogP contribution in [0.1, 0.15) is 42.2 Å². The Hall–Kier alpha value is -2.81. The second kappa shape index (κ2) is 5.19. The maximum absolute atomic E-state index is 12.7. The minimum atomic E-state index is -0.398. The van der Waals surface area contributed by atoms with E-state index in [-0.39, 0.29) is 17.1 Å². The van der Waals surface area contributed by atoms with E-state index in [9.17, 15) is 14.4 Å². The van der Waals surface area contributed by atoms with Crippen LogP contribution in [0.25, 0.3) is 0 Å². The van der Waals surface area contributed by atoms with E-state index >= 15 is 0 Å². The topological polar surface area (TPSA) is 51.2 Å². The van der Waals surface area contributed by atoms with Crippen molar-refractivity contribution in [1.29, 1.82) is 0 Å². The fourth-order valence-electron chi connectivity index (χ4n) is 2.70. The monoisotopic (exact) mass is 290 g/mol. The number of hydrogen-bond acceptors (Lipinski definition) is 3. The third-order valence-electron chi connectivity index (χ3n) is 3.83. The summed E-state index contributed by atoms with van der Waals surface area (Å²) in [5, 5.41) is 0. The van der Waals surface area contributed by atoms with Gasteiger partial charge in [0.15, 0.2) is 17.3 Å². The zero-order valence-electron chi connectivity index (χ0n) is 12.3. The molecular formula is C19H14O3. The van der Waals surface area contributed by atoms with Gasteiger partial charge in [-0.05, 0) is 19.4 Å². The Kier molecular flexibility index (Phi) is 3.33. The minimum absolute atomic E-state index is 0.0596. The first-order chi connectivity index (χ1) is 10.5. The number of Topliss-reactive ketones (excluding diaryl/α,β-unsaturated/α-hetero) is 2. The van der Waals surface area contributed by atoms with E-state index in [4.69, 9.17) is 0 Å². The van der Waals surface area contributed by atoms with E-state index in [1.165, 1.54) is 0 Å². The highest BCUT2D eigenvalue weighted by Crippen LogP contribution is 2.24. The number of hydrogen-bond donors (Lipinski definition) is 0. The lowest BCUT2D eigenvalue weighted by atomic mass is 9.85. The molecule has 3 heteroatoms. The van der Waals surface area contributed by atoms with E-state index in [1.54, 1.807) is 30.3 Å². The van der Waals surface area contributed by atoms with Crippen molar-refractivity contribution in [2.24, 2.45) is 0 Å². The molecule has 0 heterocycles. The quantitative estimate of drug-likeness (QED) is 0.628. The third-order valence-corrected chi connectivity index (χ3v) is 3.83. The molecule has 108 valence electrons. The average Bonchev–Trinajstić information content (AvgIpc) is 2.50. The van der Waals surface area contributed by atoms with E-state index in [2.05, 4.69) is 0 Å². The van der Waals surface area contributed by atoms with Crippen LogP contribution in [-0.2, 0) is 0 Å². The molecule has 0 spiro atoms. The van der Waals surface area contributed by atoms with Crippen LogP contribution in [0.15, 0.2) is 54.1 Å². The molecule has 3 nitrogen and oxygen atoms in total. The van der Waals surface area contributed by atoms with E-state index in [0.29, 0.717) is 16.7 Å². The van der Waals surface area contributed by atoms with Crippen LogP contribution >= 0.6 is 0 Å². The number of aryl methyl sites for hydroxylation is 2. The Balaban J connectivity index is 2.08. The van der Waals surface area contributed by atoms with E-state index in [1.807, 2.05) is 26.0 Å². The van der Waals surface area contributed by atoms with Gasteiger partial charge in [0.05, 0.1) is 5.57 Å². The summed E-state index contributed by atoms with van der Waals surface area (Å²) in [7, 11) is 0. The summed E-state index contributed by atoms with van der Waals surface area (Å²) in [5.41, 5.74) is 2.88. The average molecular weight is 290 g/mol. The summed E-state index contributed by atoms with van der Waals surface area (Å²) in [6, 6.07) is 12.0. The summed E-state index contributed by atoms with van der Waals surface area (Å²) < 4.78 is 0. The maximum Gasteiger partial charge on any atom is 0.197 e. The van der Waals surface area contributed by atoms with Gasteiger partial charge in [-0.25, -0.2) is 0 Å². The predicted molar refractivity (Wildman–Crippen MR) is 83.4 cm³/mol. The van der Waals surface area contributed by atoms with Crippen molar-refractivity contribution in [3.63, 3.8) is 0 Å². The van der Waals surface area contributed by atoms with Gasteiger partial charge in [0.1, 0.15) is 0 Å². The SMILES string of the molecule is Cc1ccc(C(=O)C2=CC(=O)c3ccccc3C2=O)c(C)c1. The molecule has 0 aromatic heterocycles. The molecule has 22 heavy (non-hydrogen) atoms. The molecule has 0 N–H and O–H groups in total. The van der Waals surface area contributed by atoms with Gasteiger partial charge < -0.3 is 0 Å². The van der Waals surface area contributed by atoms with E-state index < -0.39 is 5.78 Å². The molecule has 0 saturated carbocycles. The van der Waals surface area contributed by atoms with Crippen LogP contribution in [-0.4, -0.2) is 17.3 Å². The van der Waals surface area contributed by atoms with Gasteiger partial charge in [-0.3, -0.25) is 14.4 Å². The van der Waals surface area contributed by atoms with Crippen LogP contribution in [0, 0.1) is 13.8 Å². The predicted octanol–water partition coefficient (Wildman–Crippen LogP) is 3.49. The van der Waals surface area contributed by atoms with Gasteiger partial charge in [-0.1, -0.05) is 48.0 Å². The summed E-state index contributed by atoms with van der Waals surface area (Å²) in [4.78, 5) is 37.3. The standard InChI is InChI=1S/C19H14O3/c1-11-7-8-13(12(2)9-11)18(21)16-10-17(20)14-5-3-4-6-15(14)19(16)22/h3-10H,1-2H3. The summed E-state index contributed by atoms with van der Waals surface area (Å²) >= 11 is 0. The number of carbonyl (C=O) groups excluding carboxylic acids is 3. The molecule has 0 atom stereocenters. The van der Waals surface area contributed by atoms with Crippen LogP contribution in [0.3, 0.4) is 0 Å². The highest BCUT2D eigenvalue weighted by atomic mass is 16.2. The van der Waals surface area contributed by atoms with Crippen molar-refractivity contribution in [2.75, 3.05) is 0 Å². The van der Waals surface area contributed by atoms with Gasteiger partial charge >= 0.3 is 0 Å². The Bertz CT molecular complexity index is 857. The number of ketones is 3. The second-order valence-electron chi connectivity index (χ2n) is 5.44. The molecule has 0 saturated heterocycles. The summed E-state index contributed by atoms with van der Waals surface area (Å²) in [6.45, 7) is 3.76. The highest BCUT2D eigenvalue weighted by Gasteiger charge is 2.30. The molecule has 2 aromatic rings. The zero-order valence-corrected chi connectivity index (χ0v) is 12.3. The first kappa shape index (κ1) is 14.1. The smallest absolute Gasteiger partial charge is 0.197 e. The number of allylic oxidation sites excluding steroid dienone is 2. The molecule has 1 aliphatic rings. The van der Waals surface area contributed by atoms with Crippen LogP contribution in [0.5, 0.6) is 0 Å². The van der Waals surface area contributed by atoms with Crippen LogP contribution in [0.2, 0.25) is 0 Å². The van der Waals surface area contributed by atoms with Crippen molar-refractivity contribution in [2.45, 2.75) is 13.8 Å². The Morgan fingerprint density at radius 3 is 2.27 bits per heavy atom. The van der Waals surface area contributed by atoms with Crippen molar-refractivity contribution in [3.05, 3.63) is 81.9 Å². The van der Waals surface area contributed by atoms with Crippen LogP contribution in [0.4, 0.5) is 0 Å². The number of fused-ring (bicyclic) bond motifs is 1. The zero-order chi connectivity index (χ0) is 15.9. The van der Waals surface area contributed by atoms with Gasteiger partial charge in [-0.2, -0.15) is 0 Å². The molecule has 0 unspecified atom stereocenters. The van der Waals surface area contributed by atoms with Crippen molar-refractivity contribution in [3.8, 4) is 0 Å². The second-order valence-corrected chi connectivity index (χ2v) is 5.44. The lowest BCUT2D eigenvalue weighted by Crippen LogP contribution is -2.22. The number of rotatable bonds is 2. The van der Waals surface area contributed by atoms with Crippen LogP contribution < -0.4 is 0 Å². The van der Waals surface area contributed by atoms with Gasteiger partial charge in [0, 0.05) is 22.8 Å². The Morgan fingerprint density at radius 2 is 1.59 bits per heavy atom. The fourth-order valence-corrected chi connectivity index (χ4v) is 2.70. The first-order valence-corrected chi connectivity index (χ1v) is 7.01. The minimum Gasteiger partial charge on any atom is -0.289 e. The van der Waals surface area contributed by atoms with Gasteiger partial charge in [-0.15, -0.1) is 0 Å². The van der Waals surface area contributed by atoms with Crippen molar-refractivity contribution < 1.29 is 14.4 Å². The lowest BCUT2D eigenvalue weighted by molar-refractivity contribution is 0.0934. The Morgan fingerprint density at radius 1 is 0.909 bits per heavy atom. The largest absolute Gasteiger partial charge is 0.289 e. The molecule has 3 rings (SSSR count).